The van der Waals surface area contributed by atoms with Crippen molar-refractivity contribution in [2.45, 2.75) is 20.8 Å². The molecule has 5 nitrogen and oxygen atoms in total. The van der Waals surface area contributed by atoms with E-state index in [1.165, 1.54) is 25.1 Å². The van der Waals surface area contributed by atoms with Gasteiger partial charge in [0.1, 0.15) is 5.82 Å². The maximum atomic E-state index is 13.8. The minimum atomic E-state index is -0.496. The summed E-state index contributed by atoms with van der Waals surface area (Å²) >= 11 is 0. The SMILES string of the molecule is CC(=O)Nc1ccc(F)c(NCC(=O)Nc2c(C)cccc2C)c1. The second-order valence-corrected chi connectivity index (χ2v) is 5.54. The van der Waals surface area contributed by atoms with Crippen LogP contribution in [0.2, 0.25) is 0 Å². The zero-order valence-corrected chi connectivity index (χ0v) is 13.9. The zero-order valence-electron chi connectivity index (χ0n) is 13.9. The van der Waals surface area contributed by atoms with Crippen LogP contribution in [0.3, 0.4) is 0 Å². The highest BCUT2D eigenvalue weighted by molar-refractivity contribution is 5.95. The van der Waals surface area contributed by atoms with E-state index in [-0.39, 0.29) is 24.0 Å². The van der Waals surface area contributed by atoms with Crippen molar-refractivity contribution in [2.24, 2.45) is 0 Å². The average Bonchev–Trinajstić information content (AvgIpc) is 2.51. The van der Waals surface area contributed by atoms with Gasteiger partial charge in [-0.25, -0.2) is 4.39 Å². The van der Waals surface area contributed by atoms with Crippen molar-refractivity contribution >= 4 is 28.9 Å². The molecule has 24 heavy (non-hydrogen) atoms. The number of aryl methyl sites for hydroxylation is 2. The topological polar surface area (TPSA) is 70.2 Å². The number of benzene rings is 2. The summed E-state index contributed by atoms with van der Waals surface area (Å²) in [5.74, 6) is -1.03. The number of anilines is 3. The molecule has 0 unspecified atom stereocenters. The van der Waals surface area contributed by atoms with Crippen LogP contribution in [0.15, 0.2) is 36.4 Å². The maximum absolute atomic E-state index is 13.8. The number of hydrogen-bond acceptors (Lipinski definition) is 3. The van der Waals surface area contributed by atoms with Crippen LogP contribution in [0.1, 0.15) is 18.1 Å². The molecule has 0 saturated carbocycles. The van der Waals surface area contributed by atoms with E-state index in [1.54, 1.807) is 0 Å². The summed E-state index contributed by atoms with van der Waals surface area (Å²) in [6, 6.07) is 9.87. The van der Waals surface area contributed by atoms with Crippen LogP contribution in [0.4, 0.5) is 21.5 Å². The molecule has 6 heteroatoms. The van der Waals surface area contributed by atoms with E-state index in [1.807, 2.05) is 32.0 Å². The summed E-state index contributed by atoms with van der Waals surface area (Å²) in [6.07, 6.45) is 0. The molecule has 0 heterocycles. The lowest BCUT2D eigenvalue weighted by Gasteiger charge is -2.13. The zero-order chi connectivity index (χ0) is 17.7. The average molecular weight is 329 g/mol. The van der Waals surface area contributed by atoms with Crippen LogP contribution in [-0.4, -0.2) is 18.4 Å². The van der Waals surface area contributed by atoms with Gasteiger partial charge in [-0.2, -0.15) is 0 Å². The van der Waals surface area contributed by atoms with Gasteiger partial charge in [0.25, 0.3) is 0 Å². The Morgan fingerprint density at radius 3 is 2.33 bits per heavy atom. The number of para-hydroxylation sites is 1. The Bertz CT molecular complexity index is 755. The summed E-state index contributed by atoms with van der Waals surface area (Å²) < 4.78 is 13.8. The van der Waals surface area contributed by atoms with Crippen LogP contribution in [0, 0.1) is 19.7 Å². The number of nitrogens with one attached hydrogen (secondary N) is 3. The summed E-state index contributed by atoms with van der Waals surface area (Å²) in [5, 5.41) is 8.14. The lowest BCUT2D eigenvalue weighted by Crippen LogP contribution is -2.23. The second kappa shape index (κ2) is 7.59. The third-order valence-corrected chi connectivity index (χ3v) is 3.47. The minimum Gasteiger partial charge on any atom is -0.374 e. The quantitative estimate of drug-likeness (QED) is 0.787. The van der Waals surface area contributed by atoms with Crippen molar-refractivity contribution in [2.75, 3.05) is 22.5 Å². The standard InChI is InChI=1S/C18H20FN3O2/c1-11-5-4-6-12(2)18(11)22-17(24)10-20-16-9-14(21-13(3)23)7-8-15(16)19/h4-9,20H,10H2,1-3H3,(H,21,23)(H,22,24). The minimum absolute atomic E-state index is 0.0891. The van der Waals surface area contributed by atoms with E-state index in [0.717, 1.165) is 16.8 Å². The number of amides is 2. The largest absolute Gasteiger partial charge is 0.374 e. The second-order valence-electron chi connectivity index (χ2n) is 5.54. The molecule has 0 aliphatic rings. The maximum Gasteiger partial charge on any atom is 0.243 e. The molecule has 0 radical (unpaired) electrons. The Labute approximate surface area is 140 Å². The van der Waals surface area contributed by atoms with Crippen LogP contribution < -0.4 is 16.0 Å². The fourth-order valence-electron chi connectivity index (χ4n) is 2.31. The molecule has 0 spiro atoms. The number of rotatable bonds is 5. The third kappa shape index (κ3) is 4.55. The molecule has 0 atom stereocenters. The lowest BCUT2D eigenvalue weighted by molar-refractivity contribution is -0.115. The molecular formula is C18H20FN3O2. The van der Waals surface area contributed by atoms with Gasteiger partial charge in [0, 0.05) is 18.3 Å². The Morgan fingerprint density at radius 1 is 1.04 bits per heavy atom. The first kappa shape index (κ1) is 17.5. The van der Waals surface area contributed by atoms with E-state index in [4.69, 9.17) is 0 Å². The Kier molecular flexibility index (Phi) is 5.52. The molecule has 3 N–H and O–H groups in total. The number of hydrogen-bond donors (Lipinski definition) is 3. The van der Waals surface area contributed by atoms with Gasteiger partial charge in [0.15, 0.2) is 0 Å². The molecule has 2 rings (SSSR count). The Balaban J connectivity index is 2.02. The Morgan fingerprint density at radius 2 is 1.71 bits per heavy atom. The van der Waals surface area contributed by atoms with Crippen LogP contribution >= 0.6 is 0 Å². The van der Waals surface area contributed by atoms with Gasteiger partial charge >= 0.3 is 0 Å². The predicted octanol–water partition coefficient (Wildman–Crippen LogP) is 3.45. The molecule has 0 aliphatic carbocycles. The third-order valence-electron chi connectivity index (χ3n) is 3.47. The molecule has 0 aliphatic heterocycles. The van der Waals surface area contributed by atoms with E-state index in [0.29, 0.717) is 5.69 Å². The molecule has 126 valence electrons. The fourth-order valence-corrected chi connectivity index (χ4v) is 2.31. The first-order valence-electron chi connectivity index (χ1n) is 7.54. The van der Waals surface area contributed by atoms with E-state index >= 15 is 0 Å². The van der Waals surface area contributed by atoms with Crippen LogP contribution in [0.5, 0.6) is 0 Å². The van der Waals surface area contributed by atoms with Crippen LogP contribution in [-0.2, 0) is 9.59 Å². The summed E-state index contributed by atoms with van der Waals surface area (Å²) in [6.45, 7) is 5.10. The normalized spacial score (nSPS) is 10.2. The first-order chi connectivity index (χ1) is 11.4. The van der Waals surface area contributed by atoms with Gasteiger partial charge in [0.2, 0.25) is 11.8 Å². The number of halogens is 1. The van der Waals surface area contributed by atoms with Crippen molar-refractivity contribution in [3.05, 3.63) is 53.3 Å². The van der Waals surface area contributed by atoms with Crippen molar-refractivity contribution in [3.63, 3.8) is 0 Å². The summed E-state index contributed by atoms with van der Waals surface area (Å²) in [4.78, 5) is 23.2. The van der Waals surface area contributed by atoms with Crippen LogP contribution in [0.25, 0.3) is 0 Å². The monoisotopic (exact) mass is 329 g/mol. The Hall–Kier alpha value is -2.89. The van der Waals surface area contributed by atoms with Crippen molar-refractivity contribution in [1.29, 1.82) is 0 Å². The molecule has 0 bridgehead atoms. The van der Waals surface area contributed by atoms with Gasteiger partial charge in [-0.15, -0.1) is 0 Å². The highest BCUT2D eigenvalue weighted by Crippen LogP contribution is 2.21. The molecule has 0 fully saturated rings. The fraction of sp³-hybridized carbons (Fsp3) is 0.222. The summed E-state index contributed by atoms with van der Waals surface area (Å²) in [5.41, 5.74) is 3.29. The predicted molar refractivity (Wildman–Crippen MR) is 93.7 cm³/mol. The molecule has 2 aromatic rings. The van der Waals surface area contributed by atoms with Gasteiger partial charge in [0.05, 0.1) is 12.2 Å². The molecular weight excluding hydrogens is 309 g/mol. The van der Waals surface area contributed by atoms with Gasteiger partial charge in [-0.3, -0.25) is 9.59 Å². The van der Waals surface area contributed by atoms with E-state index in [9.17, 15) is 14.0 Å². The van der Waals surface area contributed by atoms with Gasteiger partial charge < -0.3 is 16.0 Å². The highest BCUT2D eigenvalue weighted by Gasteiger charge is 2.09. The lowest BCUT2D eigenvalue weighted by atomic mass is 10.1. The molecule has 0 saturated heterocycles. The number of carbonyl (C=O) groups excluding carboxylic acids is 2. The van der Waals surface area contributed by atoms with Crippen molar-refractivity contribution in [3.8, 4) is 0 Å². The molecule has 0 aromatic heterocycles. The van der Waals surface area contributed by atoms with Gasteiger partial charge in [-0.1, -0.05) is 18.2 Å². The van der Waals surface area contributed by atoms with E-state index in [2.05, 4.69) is 16.0 Å². The highest BCUT2D eigenvalue weighted by atomic mass is 19.1. The van der Waals surface area contributed by atoms with E-state index < -0.39 is 5.82 Å². The summed E-state index contributed by atoms with van der Waals surface area (Å²) in [7, 11) is 0. The van der Waals surface area contributed by atoms with Crippen molar-refractivity contribution in [1.82, 2.24) is 0 Å². The molecule has 2 aromatic carbocycles. The first-order valence-corrected chi connectivity index (χ1v) is 7.54. The smallest absolute Gasteiger partial charge is 0.243 e. The van der Waals surface area contributed by atoms with Crippen molar-refractivity contribution < 1.29 is 14.0 Å². The molecule has 2 amide bonds. The number of carbonyl (C=O) groups is 2. The van der Waals surface area contributed by atoms with Gasteiger partial charge in [-0.05, 0) is 43.2 Å².